The second-order valence-electron chi connectivity index (χ2n) is 9.67. The third kappa shape index (κ3) is 5.31. The van der Waals surface area contributed by atoms with Crippen LogP contribution in [0.3, 0.4) is 0 Å². The quantitative estimate of drug-likeness (QED) is 0.543. The van der Waals surface area contributed by atoms with Gasteiger partial charge in [0.05, 0.1) is 0 Å². The molecule has 1 aromatic carbocycles. The van der Waals surface area contributed by atoms with Crippen molar-refractivity contribution in [2.45, 2.75) is 44.3 Å². The summed E-state index contributed by atoms with van der Waals surface area (Å²) < 4.78 is 59.5. The third-order valence-corrected chi connectivity index (χ3v) is 7.36. The van der Waals surface area contributed by atoms with Gasteiger partial charge in [-0.15, -0.1) is 13.2 Å². The van der Waals surface area contributed by atoms with E-state index in [1.807, 2.05) is 4.90 Å². The first kappa shape index (κ1) is 24.1. The van der Waals surface area contributed by atoms with Crippen LogP contribution in [-0.2, 0) is 16.1 Å². The summed E-state index contributed by atoms with van der Waals surface area (Å²) in [6.07, 6.45) is -2.99. The molecular weight excluding hydrogens is 474 g/mol. The molecule has 2 amide bonds. The topological polar surface area (TPSA) is 95.2 Å². The lowest BCUT2D eigenvalue weighted by molar-refractivity contribution is -0.275. The van der Waals surface area contributed by atoms with Crippen molar-refractivity contribution in [3.05, 3.63) is 29.6 Å². The Hall–Kier alpha value is -2.64. The Morgan fingerprint density at radius 1 is 1.00 bits per heavy atom. The third-order valence-electron chi connectivity index (χ3n) is 7.36. The van der Waals surface area contributed by atoms with Crippen molar-refractivity contribution in [3.63, 3.8) is 0 Å². The number of hydrogen-bond acceptors (Lipinski definition) is 7. The van der Waals surface area contributed by atoms with E-state index in [4.69, 9.17) is 4.74 Å². The van der Waals surface area contributed by atoms with Crippen molar-refractivity contribution >= 4 is 12.0 Å². The number of likely N-dealkylation sites (tertiary alicyclic amines) is 2. The minimum absolute atomic E-state index is 0.00124. The lowest BCUT2D eigenvalue weighted by Crippen LogP contribution is -2.45. The fourth-order valence-corrected chi connectivity index (χ4v) is 5.61. The summed E-state index contributed by atoms with van der Waals surface area (Å²) in [6.45, 7) is 1.86. The molecule has 192 valence electrons. The predicted octanol–water partition coefficient (Wildman–Crippen LogP) is 1.90. The van der Waals surface area contributed by atoms with Crippen LogP contribution in [0, 0.1) is 23.6 Å². The molecule has 3 heterocycles. The van der Waals surface area contributed by atoms with Crippen LogP contribution in [0.1, 0.15) is 24.8 Å². The van der Waals surface area contributed by atoms with E-state index < -0.39 is 24.0 Å². The average Bonchev–Trinajstić information content (AvgIpc) is 3.52. The molecule has 5 atom stereocenters. The number of alkyl halides is 3. The Morgan fingerprint density at radius 2 is 1.69 bits per heavy atom. The SMILES string of the molecule is O=C(OCc1ccc(OC(F)(F)F)c(F)c1)N1C[C@@H]2CN(C(=O)[C@@H]3CCC4NNNC4C3)C[C@H]2C1. The predicted molar refractivity (Wildman–Crippen MR) is 113 cm³/mol. The maximum absolute atomic E-state index is 13.8. The van der Waals surface area contributed by atoms with E-state index in [2.05, 4.69) is 21.1 Å². The first-order chi connectivity index (χ1) is 16.7. The van der Waals surface area contributed by atoms with Gasteiger partial charge in [-0.25, -0.2) is 20.0 Å². The summed E-state index contributed by atoms with van der Waals surface area (Å²) in [6, 6.07) is 3.49. The van der Waals surface area contributed by atoms with Gasteiger partial charge in [0, 0.05) is 56.0 Å². The molecule has 9 nitrogen and oxygen atoms in total. The maximum atomic E-state index is 13.8. The van der Waals surface area contributed by atoms with Gasteiger partial charge < -0.3 is 19.3 Å². The Balaban J connectivity index is 1.08. The van der Waals surface area contributed by atoms with Gasteiger partial charge in [0.15, 0.2) is 11.6 Å². The van der Waals surface area contributed by atoms with Crippen LogP contribution < -0.4 is 21.1 Å². The van der Waals surface area contributed by atoms with E-state index in [0.29, 0.717) is 32.2 Å². The highest BCUT2D eigenvalue weighted by molar-refractivity contribution is 5.79. The van der Waals surface area contributed by atoms with Crippen LogP contribution in [0.25, 0.3) is 0 Å². The Labute approximate surface area is 199 Å². The van der Waals surface area contributed by atoms with E-state index in [-0.39, 0.29) is 41.9 Å². The molecule has 0 bridgehead atoms. The number of carbonyl (C=O) groups is 2. The van der Waals surface area contributed by atoms with Crippen LogP contribution in [-0.4, -0.2) is 66.4 Å². The largest absolute Gasteiger partial charge is 0.573 e. The van der Waals surface area contributed by atoms with Crippen LogP contribution in [0.2, 0.25) is 0 Å². The minimum Gasteiger partial charge on any atom is -0.445 e. The number of rotatable bonds is 4. The summed E-state index contributed by atoms with van der Waals surface area (Å²) in [7, 11) is 0. The number of carbonyl (C=O) groups excluding carboxylic acids is 2. The van der Waals surface area contributed by atoms with Gasteiger partial charge in [0.1, 0.15) is 6.61 Å². The van der Waals surface area contributed by atoms with Gasteiger partial charge in [-0.1, -0.05) is 6.07 Å². The highest BCUT2D eigenvalue weighted by Gasteiger charge is 2.46. The summed E-state index contributed by atoms with van der Waals surface area (Å²) in [5.74, 6) is -1.61. The van der Waals surface area contributed by atoms with Crippen LogP contribution in [0.4, 0.5) is 22.4 Å². The van der Waals surface area contributed by atoms with E-state index >= 15 is 0 Å². The second kappa shape index (κ2) is 9.43. The molecule has 0 radical (unpaired) electrons. The van der Waals surface area contributed by atoms with E-state index in [1.54, 1.807) is 4.90 Å². The number of hydrogen-bond donors (Lipinski definition) is 3. The van der Waals surface area contributed by atoms with Crippen LogP contribution in [0.5, 0.6) is 5.75 Å². The van der Waals surface area contributed by atoms with E-state index in [0.717, 1.165) is 31.4 Å². The van der Waals surface area contributed by atoms with E-state index in [1.165, 1.54) is 6.07 Å². The highest BCUT2D eigenvalue weighted by atomic mass is 19.4. The lowest BCUT2D eigenvalue weighted by Gasteiger charge is -2.32. The average molecular weight is 501 g/mol. The number of ether oxygens (including phenoxy) is 2. The van der Waals surface area contributed by atoms with Gasteiger partial charge in [0.25, 0.3) is 0 Å². The monoisotopic (exact) mass is 501 g/mol. The summed E-state index contributed by atoms with van der Waals surface area (Å²) in [4.78, 5) is 29.1. The standard InChI is InChI=1S/C22H27F4N5O4/c23-16-5-12(1-4-19(16)35-22(24,25)26)11-34-21(33)31-9-14-7-30(8-15(14)10-31)20(32)13-2-3-17-18(6-13)28-29-27-17/h1,4-5,13-15,17-18,27-29H,2-3,6-11H2/t13-,14+,15+,17?,18?/m1/s1. The van der Waals surface area contributed by atoms with Crippen molar-refractivity contribution in [2.24, 2.45) is 17.8 Å². The smallest absolute Gasteiger partial charge is 0.445 e. The Morgan fingerprint density at radius 3 is 2.37 bits per heavy atom. The maximum Gasteiger partial charge on any atom is 0.573 e. The molecule has 3 saturated heterocycles. The second-order valence-corrected chi connectivity index (χ2v) is 9.67. The molecule has 0 aromatic heterocycles. The lowest BCUT2D eigenvalue weighted by atomic mass is 9.82. The summed E-state index contributed by atoms with van der Waals surface area (Å²) in [5, 5.41) is 0. The molecule has 3 N–H and O–H groups in total. The zero-order valence-electron chi connectivity index (χ0n) is 18.8. The molecule has 3 aliphatic heterocycles. The first-order valence-corrected chi connectivity index (χ1v) is 11.7. The fraction of sp³-hybridized carbons (Fsp3) is 0.636. The van der Waals surface area contributed by atoms with Crippen molar-refractivity contribution < 1.29 is 36.6 Å². The van der Waals surface area contributed by atoms with Gasteiger partial charge in [-0.05, 0) is 37.0 Å². The van der Waals surface area contributed by atoms with Crippen LogP contribution in [0.15, 0.2) is 18.2 Å². The molecule has 1 aromatic rings. The zero-order chi connectivity index (χ0) is 24.7. The fourth-order valence-electron chi connectivity index (χ4n) is 5.61. The number of hydrazine groups is 2. The molecule has 4 fully saturated rings. The van der Waals surface area contributed by atoms with E-state index in [9.17, 15) is 27.2 Å². The molecule has 1 saturated carbocycles. The van der Waals surface area contributed by atoms with Gasteiger partial charge >= 0.3 is 12.5 Å². The van der Waals surface area contributed by atoms with Gasteiger partial charge in [0.2, 0.25) is 5.91 Å². The number of nitrogens with zero attached hydrogens (tertiary/aromatic N) is 2. The minimum atomic E-state index is -5.00. The molecule has 35 heavy (non-hydrogen) atoms. The number of benzene rings is 1. The Bertz CT molecular complexity index is 966. The van der Waals surface area contributed by atoms with Gasteiger partial charge in [-0.2, -0.15) is 5.53 Å². The van der Waals surface area contributed by atoms with Crippen molar-refractivity contribution in [3.8, 4) is 5.75 Å². The normalized spacial score (nSPS) is 30.2. The number of nitrogens with one attached hydrogen (secondary N) is 3. The Kier molecular flexibility index (Phi) is 6.49. The highest BCUT2D eigenvalue weighted by Crippen LogP contribution is 2.35. The molecule has 1 aliphatic carbocycles. The number of fused-ring (bicyclic) bond motifs is 2. The van der Waals surface area contributed by atoms with Crippen molar-refractivity contribution in [2.75, 3.05) is 26.2 Å². The van der Waals surface area contributed by atoms with Crippen molar-refractivity contribution in [1.82, 2.24) is 26.2 Å². The number of amides is 2. The molecule has 13 heteroatoms. The first-order valence-electron chi connectivity index (χ1n) is 11.7. The summed E-state index contributed by atoms with van der Waals surface area (Å²) in [5.41, 5.74) is 9.48. The molecule has 5 rings (SSSR count). The van der Waals surface area contributed by atoms with Crippen LogP contribution >= 0.6 is 0 Å². The molecule has 2 unspecified atom stereocenters. The zero-order valence-corrected chi connectivity index (χ0v) is 18.8. The summed E-state index contributed by atoms with van der Waals surface area (Å²) >= 11 is 0. The number of halogens is 4. The molecule has 0 spiro atoms. The van der Waals surface area contributed by atoms with Crippen molar-refractivity contribution in [1.29, 1.82) is 0 Å². The van der Waals surface area contributed by atoms with Gasteiger partial charge in [-0.3, -0.25) is 4.79 Å². The molecule has 4 aliphatic rings. The molecular formula is C22H27F4N5O4.